The van der Waals surface area contributed by atoms with Crippen LogP contribution in [0.15, 0.2) is 22.7 Å². The molecule has 0 unspecified atom stereocenters. The first-order valence-electron chi connectivity index (χ1n) is 6.40. The lowest BCUT2D eigenvalue weighted by Crippen LogP contribution is -2.46. The molecule has 0 radical (unpaired) electrons. The van der Waals surface area contributed by atoms with Crippen LogP contribution in [-0.2, 0) is 0 Å². The molecule has 1 aliphatic heterocycles. The van der Waals surface area contributed by atoms with Gasteiger partial charge in [0, 0.05) is 23.7 Å². The van der Waals surface area contributed by atoms with Gasteiger partial charge in [-0.2, -0.15) is 0 Å². The van der Waals surface area contributed by atoms with Gasteiger partial charge in [0.2, 0.25) is 0 Å². The summed E-state index contributed by atoms with van der Waals surface area (Å²) in [6.07, 6.45) is 1.89. The van der Waals surface area contributed by atoms with Gasteiger partial charge in [-0.1, -0.05) is 17.7 Å². The molecule has 1 fully saturated rings. The van der Waals surface area contributed by atoms with E-state index in [1.54, 1.807) is 12.1 Å². The Morgan fingerprint density at radius 3 is 2.95 bits per heavy atom. The van der Waals surface area contributed by atoms with E-state index in [9.17, 15) is 9.90 Å². The number of aliphatic hydroxyl groups excluding tert-OH is 1. The zero-order valence-corrected chi connectivity index (χ0v) is 13.1. The smallest absolute Gasteiger partial charge is 0.255 e. The van der Waals surface area contributed by atoms with Crippen LogP contribution in [0.4, 0.5) is 0 Å². The number of rotatable bonds is 2. The van der Waals surface area contributed by atoms with Crippen LogP contribution in [0.3, 0.4) is 0 Å². The number of carbonyl (C=O) groups excluding carboxylic acids is 1. The van der Waals surface area contributed by atoms with Crippen molar-refractivity contribution in [3.8, 4) is 0 Å². The normalized spacial score (nSPS) is 23.5. The van der Waals surface area contributed by atoms with Gasteiger partial charge < -0.3 is 10.0 Å². The van der Waals surface area contributed by atoms with Crippen molar-refractivity contribution >= 4 is 33.4 Å². The van der Waals surface area contributed by atoms with E-state index >= 15 is 0 Å². The van der Waals surface area contributed by atoms with Crippen molar-refractivity contribution < 1.29 is 9.90 Å². The number of halogens is 2. The third kappa shape index (κ3) is 3.12. The topological polar surface area (TPSA) is 40.5 Å². The first-order chi connectivity index (χ1) is 9.04. The summed E-state index contributed by atoms with van der Waals surface area (Å²) in [5.41, 5.74) is 0.515. The van der Waals surface area contributed by atoms with Gasteiger partial charge in [0.25, 0.3) is 5.91 Å². The Bertz CT molecular complexity index is 481. The number of carbonyl (C=O) groups is 1. The zero-order valence-electron chi connectivity index (χ0n) is 10.8. The Kier molecular flexibility index (Phi) is 4.87. The van der Waals surface area contributed by atoms with Crippen LogP contribution in [-0.4, -0.2) is 35.1 Å². The standard InChI is InChI=1S/C14H17BrClNO2/c1-9-5-6-10(8-18)7-17(9)14(19)11-3-2-4-12(15)13(11)16/h2-4,9-10,18H,5-8H2,1H3/t9-,10+/m1/s1. The van der Waals surface area contributed by atoms with Gasteiger partial charge in [0.1, 0.15) is 0 Å². The average Bonchev–Trinajstić information content (AvgIpc) is 2.42. The summed E-state index contributed by atoms with van der Waals surface area (Å²) in [5, 5.41) is 9.72. The lowest BCUT2D eigenvalue weighted by Gasteiger charge is -2.37. The molecule has 0 saturated carbocycles. The lowest BCUT2D eigenvalue weighted by molar-refractivity contribution is 0.0489. The van der Waals surface area contributed by atoms with Gasteiger partial charge >= 0.3 is 0 Å². The Hall–Kier alpha value is -0.580. The highest BCUT2D eigenvalue weighted by molar-refractivity contribution is 9.10. The van der Waals surface area contributed by atoms with Gasteiger partial charge in [-0.3, -0.25) is 4.79 Å². The van der Waals surface area contributed by atoms with Crippen LogP contribution in [0.1, 0.15) is 30.1 Å². The van der Waals surface area contributed by atoms with E-state index in [1.165, 1.54) is 0 Å². The SMILES string of the molecule is C[C@@H]1CC[C@H](CO)CN1C(=O)c1cccc(Br)c1Cl. The summed E-state index contributed by atoms with van der Waals surface area (Å²) in [7, 11) is 0. The number of aliphatic hydroxyl groups is 1. The van der Waals surface area contributed by atoms with E-state index in [1.807, 2.05) is 17.9 Å². The second-order valence-electron chi connectivity index (χ2n) is 5.03. The number of piperidine rings is 1. The molecule has 1 aromatic rings. The van der Waals surface area contributed by atoms with Crippen LogP contribution in [0.25, 0.3) is 0 Å². The maximum absolute atomic E-state index is 12.6. The fourth-order valence-electron chi connectivity index (χ4n) is 2.44. The van der Waals surface area contributed by atoms with Crippen molar-refractivity contribution in [2.45, 2.75) is 25.8 Å². The molecule has 1 heterocycles. The van der Waals surface area contributed by atoms with Crippen LogP contribution in [0, 0.1) is 5.92 Å². The summed E-state index contributed by atoms with van der Waals surface area (Å²) in [6.45, 7) is 2.76. The van der Waals surface area contributed by atoms with Crippen molar-refractivity contribution in [3.63, 3.8) is 0 Å². The summed E-state index contributed by atoms with van der Waals surface area (Å²) >= 11 is 9.52. The van der Waals surface area contributed by atoms with E-state index in [0.29, 0.717) is 17.1 Å². The monoisotopic (exact) mass is 345 g/mol. The number of likely N-dealkylation sites (tertiary alicyclic amines) is 1. The predicted molar refractivity (Wildman–Crippen MR) is 79.5 cm³/mol. The minimum atomic E-state index is -0.0584. The molecule has 0 aromatic heterocycles. The molecule has 3 nitrogen and oxygen atoms in total. The largest absolute Gasteiger partial charge is 0.396 e. The summed E-state index contributed by atoms with van der Waals surface area (Å²) < 4.78 is 0.725. The van der Waals surface area contributed by atoms with Gasteiger partial charge in [-0.05, 0) is 53.7 Å². The molecule has 0 aliphatic carbocycles. The molecule has 2 rings (SSSR count). The van der Waals surface area contributed by atoms with Crippen molar-refractivity contribution in [1.82, 2.24) is 4.90 Å². The molecule has 0 bridgehead atoms. The molecule has 1 N–H and O–H groups in total. The van der Waals surface area contributed by atoms with E-state index in [4.69, 9.17) is 11.6 Å². The highest BCUT2D eigenvalue weighted by Crippen LogP contribution is 2.29. The average molecular weight is 347 g/mol. The van der Waals surface area contributed by atoms with Gasteiger partial charge in [-0.25, -0.2) is 0 Å². The summed E-state index contributed by atoms with van der Waals surface area (Å²) in [4.78, 5) is 14.4. The van der Waals surface area contributed by atoms with E-state index < -0.39 is 0 Å². The van der Waals surface area contributed by atoms with Crippen LogP contribution >= 0.6 is 27.5 Å². The van der Waals surface area contributed by atoms with Crippen molar-refractivity contribution in [1.29, 1.82) is 0 Å². The number of nitrogens with zero attached hydrogens (tertiary/aromatic N) is 1. The molecule has 104 valence electrons. The molecule has 2 atom stereocenters. The Labute approximate surface area is 126 Å². The molecule has 19 heavy (non-hydrogen) atoms. The van der Waals surface area contributed by atoms with Gasteiger partial charge in [0.15, 0.2) is 0 Å². The molecule has 5 heteroatoms. The quantitative estimate of drug-likeness (QED) is 0.892. The van der Waals surface area contributed by atoms with E-state index in [2.05, 4.69) is 15.9 Å². The zero-order chi connectivity index (χ0) is 14.0. The molecule has 1 saturated heterocycles. The second-order valence-corrected chi connectivity index (χ2v) is 6.27. The third-order valence-electron chi connectivity index (χ3n) is 3.68. The molecule has 1 aliphatic rings. The Morgan fingerprint density at radius 1 is 1.53 bits per heavy atom. The van der Waals surface area contributed by atoms with Gasteiger partial charge in [-0.15, -0.1) is 0 Å². The highest BCUT2D eigenvalue weighted by atomic mass is 79.9. The first-order valence-corrected chi connectivity index (χ1v) is 7.57. The second kappa shape index (κ2) is 6.25. The van der Waals surface area contributed by atoms with Gasteiger partial charge in [0.05, 0.1) is 10.6 Å². The fourth-order valence-corrected chi connectivity index (χ4v) is 3.01. The Morgan fingerprint density at radius 2 is 2.26 bits per heavy atom. The fraction of sp³-hybridized carbons (Fsp3) is 0.500. The summed E-state index contributed by atoms with van der Waals surface area (Å²) in [5.74, 6) is 0.114. The predicted octanol–water partition coefficient (Wildman–Crippen LogP) is 3.34. The summed E-state index contributed by atoms with van der Waals surface area (Å²) in [6, 6.07) is 5.55. The number of amides is 1. The number of hydrogen-bond acceptors (Lipinski definition) is 2. The van der Waals surface area contributed by atoms with E-state index in [-0.39, 0.29) is 24.5 Å². The molecule has 1 aromatic carbocycles. The minimum Gasteiger partial charge on any atom is -0.396 e. The van der Waals surface area contributed by atoms with Crippen molar-refractivity contribution in [2.75, 3.05) is 13.2 Å². The number of hydrogen-bond donors (Lipinski definition) is 1. The van der Waals surface area contributed by atoms with Crippen molar-refractivity contribution in [2.24, 2.45) is 5.92 Å². The lowest BCUT2D eigenvalue weighted by atomic mass is 9.93. The van der Waals surface area contributed by atoms with Crippen LogP contribution < -0.4 is 0 Å². The number of benzene rings is 1. The van der Waals surface area contributed by atoms with E-state index in [0.717, 1.165) is 17.3 Å². The molecule has 0 spiro atoms. The van der Waals surface area contributed by atoms with Crippen molar-refractivity contribution in [3.05, 3.63) is 33.3 Å². The minimum absolute atomic E-state index is 0.0584. The highest BCUT2D eigenvalue weighted by Gasteiger charge is 2.30. The maximum atomic E-state index is 12.6. The van der Waals surface area contributed by atoms with Crippen LogP contribution in [0.2, 0.25) is 5.02 Å². The molecular weight excluding hydrogens is 330 g/mol. The Balaban J connectivity index is 2.24. The third-order valence-corrected chi connectivity index (χ3v) is 4.98. The maximum Gasteiger partial charge on any atom is 0.255 e. The molecular formula is C14H17BrClNO2. The molecule has 1 amide bonds. The first kappa shape index (κ1) is 14.8. The van der Waals surface area contributed by atoms with Crippen LogP contribution in [0.5, 0.6) is 0 Å².